The summed E-state index contributed by atoms with van der Waals surface area (Å²) < 4.78 is 0. The highest BCUT2D eigenvalue weighted by Gasteiger charge is 2.13. The van der Waals surface area contributed by atoms with Gasteiger partial charge in [0.2, 0.25) is 0 Å². The highest BCUT2D eigenvalue weighted by atomic mass is 16.1. The summed E-state index contributed by atoms with van der Waals surface area (Å²) in [6, 6.07) is 0. The second kappa shape index (κ2) is 3.10. The fourth-order valence-electron chi connectivity index (χ4n) is 1.18. The van der Waals surface area contributed by atoms with Crippen molar-refractivity contribution in [1.82, 2.24) is 0 Å². The van der Waals surface area contributed by atoms with Crippen molar-refractivity contribution in [2.75, 3.05) is 0 Å². The minimum atomic E-state index is -0.00942. The van der Waals surface area contributed by atoms with Gasteiger partial charge in [0.1, 0.15) is 0 Å². The number of ketones is 1. The molecule has 0 amide bonds. The van der Waals surface area contributed by atoms with Crippen molar-refractivity contribution in [3.05, 3.63) is 36.0 Å². The maximum Gasteiger partial charge on any atom is 0.159 e. The lowest BCUT2D eigenvalue weighted by Crippen LogP contribution is -2.05. The Morgan fingerprint density at radius 1 is 1.33 bits per heavy atom. The number of rotatable bonds is 1. The van der Waals surface area contributed by atoms with Crippen LogP contribution in [0.15, 0.2) is 36.0 Å². The molecular formula is C11H14O. The minimum Gasteiger partial charge on any atom is -0.295 e. The normalized spacial score (nSPS) is 20.1. The van der Waals surface area contributed by atoms with Gasteiger partial charge in [0.25, 0.3) is 0 Å². The maximum absolute atomic E-state index is 11.1. The zero-order valence-corrected chi connectivity index (χ0v) is 7.79. The number of hydrogen-bond donors (Lipinski definition) is 0. The van der Waals surface area contributed by atoms with Crippen LogP contribution in [0.1, 0.15) is 20.8 Å². The number of carbonyl (C=O) groups is 1. The Labute approximate surface area is 73.5 Å². The Balaban J connectivity index is 3.03. The monoisotopic (exact) mass is 162 g/mol. The predicted molar refractivity (Wildman–Crippen MR) is 50.8 cm³/mol. The minimum absolute atomic E-state index is 0.00942. The summed E-state index contributed by atoms with van der Waals surface area (Å²) in [4.78, 5) is 11.1. The summed E-state index contributed by atoms with van der Waals surface area (Å²) in [5.41, 5.74) is 0.787. The molecule has 0 N–H and O–H groups in total. The Bertz CT molecular complexity index is 277. The first-order chi connectivity index (χ1) is 5.51. The molecule has 0 aromatic carbocycles. The smallest absolute Gasteiger partial charge is 0.159 e. The van der Waals surface area contributed by atoms with E-state index >= 15 is 0 Å². The first kappa shape index (κ1) is 8.98. The molecule has 1 nitrogen and oxygen atoms in total. The average molecular weight is 162 g/mol. The topological polar surface area (TPSA) is 17.1 Å². The Hall–Kier alpha value is -1.11. The molecule has 1 heteroatoms. The molecule has 1 aliphatic rings. The van der Waals surface area contributed by atoms with E-state index in [0.29, 0.717) is 0 Å². The van der Waals surface area contributed by atoms with Gasteiger partial charge in [-0.25, -0.2) is 0 Å². The molecule has 0 atom stereocenters. The molecule has 0 saturated heterocycles. The summed E-state index contributed by atoms with van der Waals surface area (Å²) in [6.07, 6.45) is 9.82. The van der Waals surface area contributed by atoms with Crippen molar-refractivity contribution in [3.8, 4) is 0 Å². The van der Waals surface area contributed by atoms with E-state index in [4.69, 9.17) is 0 Å². The van der Waals surface area contributed by atoms with Crippen molar-refractivity contribution < 1.29 is 4.79 Å². The fraction of sp³-hybridized carbons (Fsp3) is 0.364. The van der Waals surface area contributed by atoms with Gasteiger partial charge in [-0.05, 0) is 6.92 Å². The summed E-state index contributed by atoms with van der Waals surface area (Å²) in [5, 5.41) is 0. The molecule has 12 heavy (non-hydrogen) atoms. The largest absolute Gasteiger partial charge is 0.295 e. The van der Waals surface area contributed by atoms with Crippen LogP contribution in [-0.4, -0.2) is 5.78 Å². The third kappa shape index (κ3) is 2.19. The maximum atomic E-state index is 11.1. The van der Waals surface area contributed by atoms with Gasteiger partial charge in [0, 0.05) is 11.0 Å². The average Bonchev–Trinajstić information content (AvgIpc) is 2.10. The fourth-order valence-corrected chi connectivity index (χ4v) is 1.18. The lowest BCUT2D eigenvalue weighted by molar-refractivity contribution is -0.113. The van der Waals surface area contributed by atoms with Crippen LogP contribution in [0.5, 0.6) is 0 Å². The second-order valence-corrected chi connectivity index (χ2v) is 3.70. The quantitative estimate of drug-likeness (QED) is 0.579. The number of allylic oxidation sites excluding steroid dienone is 6. The molecule has 1 rings (SSSR count). The van der Waals surface area contributed by atoms with Gasteiger partial charge < -0.3 is 0 Å². The molecule has 0 heterocycles. The van der Waals surface area contributed by atoms with E-state index < -0.39 is 0 Å². The van der Waals surface area contributed by atoms with Gasteiger partial charge in [0.05, 0.1) is 0 Å². The van der Waals surface area contributed by atoms with Crippen molar-refractivity contribution in [2.24, 2.45) is 5.41 Å². The molecule has 0 aromatic heterocycles. The lowest BCUT2D eigenvalue weighted by atomic mass is 9.90. The van der Waals surface area contributed by atoms with Crippen LogP contribution in [0.2, 0.25) is 0 Å². The summed E-state index contributed by atoms with van der Waals surface area (Å²) in [5.74, 6) is 0.128. The highest BCUT2D eigenvalue weighted by Crippen LogP contribution is 2.23. The molecule has 0 spiro atoms. The molecule has 64 valence electrons. The Morgan fingerprint density at radius 3 is 2.58 bits per heavy atom. The van der Waals surface area contributed by atoms with E-state index in [1.807, 2.05) is 24.3 Å². The predicted octanol–water partition coefficient (Wildman–Crippen LogP) is 2.65. The molecule has 0 saturated carbocycles. The molecule has 0 radical (unpaired) electrons. The molecular weight excluding hydrogens is 148 g/mol. The molecule has 1 aliphatic carbocycles. The summed E-state index contributed by atoms with van der Waals surface area (Å²) >= 11 is 0. The van der Waals surface area contributed by atoms with Crippen LogP contribution in [0.25, 0.3) is 0 Å². The zero-order chi connectivity index (χ0) is 9.19. The molecule has 0 unspecified atom stereocenters. The number of carbonyl (C=O) groups excluding carboxylic acids is 1. The van der Waals surface area contributed by atoms with Crippen molar-refractivity contribution in [1.29, 1.82) is 0 Å². The molecule has 0 fully saturated rings. The first-order valence-electron chi connectivity index (χ1n) is 4.11. The van der Waals surface area contributed by atoms with E-state index in [2.05, 4.69) is 19.9 Å². The van der Waals surface area contributed by atoms with Gasteiger partial charge in [-0.1, -0.05) is 44.2 Å². The Kier molecular flexibility index (Phi) is 2.32. The zero-order valence-electron chi connectivity index (χ0n) is 7.79. The lowest BCUT2D eigenvalue weighted by Gasteiger charge is -2.14. The number of Topliss-reactive ketones (excluding diaryl/α,β-unsaturated/α-hetero) is 1. The Morgan fingerprint density at radius 2 is 2.00 bits per heavy atom. The third-order valence-electron chi connectivity index (χ3n) is 1.85. The van der Waals surface area contributed by atoms with E-state index in [9.17, 15) is 4.79 Å². The van der Waals surface area contributed by atoms with Crippen LogP contribution in [0.4, 0.5) is 0 Å². The van der Waals surface area contributed by atoms with E-state index in [0.717, 1.165) is 5.57 Å². The first-order valence-corrected chi connectivity index (χ1v) is 4.11. The molecule has 0 bridgehead atoms. The van der Waals surface area contributed by atoms with E-state index in [-0.39, 0.29) is 11.2 Å². The van der Waals surface area contributed by atoms with Crippen LogP contribution < -0.4 is 0 Å². The second-order valence-electron chi connectivity index (χ2n) is 3.70. The van der Waals surface area contributed by atoms with Gasteiger partial charge in [-0.3, -0.25) is 4.79 Å². The molecule has 0 aliphatic heterocycles. The SMILES string of the molecule is CC(=O)C1=CC(C)(C)C=CC=C1. The molecule has 0 aromatic rings. The summed E-state index contributed by atoms with van der Waals surface area (Å²) in [7, 11) is 0. The van der Waals surface area contributed by atoms with Crippen molar-refractivity contribution in [3.63, 3.8) is 0 Å². The number of hydrogen-bond acceptors (Lipinski definition) is 1. The van der Waals surface area contributed by atoms with E-state index in [1.54, 1.807) is 6.92 Å². The van der Waals surface area contributed by atoms with Crippen LogP contribution in [-0.2, 0) is 4.79 Å². The van der Waals surface area contributed by atoms with Gasteiger partial charge >= 0.3 is 0 Å². The van der Waals surface area contributed by atoms with Gasteiger partial charge in [-0.15, -0.1) is 0 Å². The van der Waals surface area contributed by atoms with Crippen LogP contribution >= 0.6 is 0 Å². The third-order valence-corrected chi connectivity index (χ3v) is 1.85. The summed E-state index contributed by atoms with van der Waals surface area (Å²) in [6.45, 7) is 5.76. The standard InChI is InChI=1S/C11H14O/c1-9(12)10-6-4-5-7-11(2,3)8-10/h4-8H,1-3H3. The van der Waals surface area contributed by atoms with Gasteiger partial charge in [0.15, 0.2) is 5.78 Å². The van der Waals surface area contributed by atoms with Crippen LogP contribution in [0.3, 0.4) is 0 Å². The van der Waals surface area contributed by atoms with E-state index in [1.165, 1.54) is 0 Å². The highest BCUT2D eigenvalue weighted by molar-refractivity contribution is 5.96. The van der Waals surface area contributed by atoms with Crippen molar-refractivity contribution >= 4 is 5.78 Å². The van der Waals surface area contributed by atoms with Crippen molar-refractivity contribution in [2.45, 2.75) is 20.8 Å². The van der Waals surface area contributed by atoms with Crippen LogP contribution in [0, 0.1) is 5.41 Å². The van der Waals surface area contributed by atoms with Gasteiger partial charge in [-0.2, -0.15) is 0 Å².